The molecule has 1 unspecified atom stereocenters. The van der Waals surface area contributed by atoms with Crippen LogP contribution in [0.15, 0.2) is 23.0 Å². The van der Waals surface area contributed by atoms with Crippen molar-refractivity contribution in [2.24, 2.45) is 0 Å². The lowest BCUT2D eigenvalue weighted by atomic mass is 10.0. The van der Waals surface area contributed by atoms with E-state index in [9.17, 15) is 19.2 Å². The van der Waals surface area contributed by atoms with E-state index in [1.807, 2.05) is 39.8 Å². The quantitative estimate of drug-likeness (QED) is 0.617. The average Bonchev–Trinajstić information content (AvgIpc) is 2.80. The van der Waals surface area contributed by atoms with E-state index in [0.717, 1.165) is 37.3 Å². The minimum Gasteiger partial charge on any atom is -0.444 e. The Balaban J connectivity index is 1.24. The van der Waals surface area contributed by atoms with Crippen LogP contribution in [0, 0.1) is 6.92 Å². The first-order chi connectivity index (χ1) is 17.5. The number of aryl methyl sites for hydroxylation is 1. The van der Waals surface area contributed by atoms with Gasteiger partial charge >= 0.3 is 6.09 Å². The van der Waals surface area contributed by atoms with Crippen molar-refractivity contribution in [3.05, 3.63) is 34.2 Å². The first kappa shape index (κ1) is 25.2. The van der Waals surface area contributed by atoms with Gasteiger partial charge in [0.05, 0.1) is 11.1 Å². The number of benzene rings is 1. The highest BCUT2D eigenvalue weighted by atomic mass is 16.6. The Bertz CT molecular complexity index is 1300. The Kier molecular flexibility index (Phi) is 6.43. The summed E-state index contributed by atoms with van der Waals surface area (Å²) in [6.45, 7) is 12.3. The van der Waals surface area contributed by atoms with Gasteiger partial charge in [0, 0.05) is 62.8 Å². The van der Waals surface area contributed by atoms with Crippen LogP contribution in [-0.2, 0) is 14.3 Å². The van der Waals surface area contributed by atoms with Gasteiger partial charge in [-0.05, 0) is 52.3 Å². The van der Waals surface area contributed by atoms with Crippen LogP contribution >= 0.6 is 0 Å². The molecule has 3 aliphatic rings. The molecule has 3 fully saturated rings. The van der Waals surface area contributed by atoms with Gasteiger partial charge < -0.3 is 14.5 Å². The molecule has 1 N–H and O–H groups in total. The van der Waals surface area contributed by atoms with Gasteiger partial charge in [-0.25, -0.2) is 9.48 Å². The second-order valence-corrected chi connectivity index (χ2v) is 11.1. The average molecular weight is 511 g/mol. The van der Waals surface area contributed by atoms with E-state index in [1.165, 1.54) is 4.68 Å². The molecule has 37 heavy (non-hydrogen) atoms. The van der Waals surface area contributed by atoms with Crippen molar-refractivity contribution in [2.45, 2.75) is 58.2 Å². The summed E-state index contributed by atoms with van der Waals surface area (Å²) in [7, 11) is 0. The molecule has 1 atom stereocenters. The molecule has 198 valence electrons. The summed E-state index contributed by atoms with van der Waals surface area (Å²) >= 11 is 0. The summed E-state index contributed by atoms with van der Waals surface area (Å²) in [5.74, 6) is -0.811. The maximum Gasteiger partial charge on any atom is 0.410 e. The highest BCUT2D eigenvalue weighted by molar-refractivity contribution is 5.99. The number of ether oxygens (including phenoxy) is 1. The van der Waals surface area contributed by atoms with Gasteiger partial charge in [0.25, 0.3) is 11.5 Å². The molecule has 4 heterocycles. The summed E-state index contributed by atoms with van der Waals surface area (Å²) < 4.78 is 6.67. The minimum atomic E-state index is -0.779. The number of piperidine rings is 1. The normalized spacial score (nSPS) is 21.7. The van der Waals surface area contributed by atoms with Gasteiger partial charge in [0.15, 0.2) is 0 Å². The summed E-state index contributed by atoms with van der Waals surface area (Å²) in [6, 6.07) is 5.32. The van der Waals surface area contributed by atoms with E-state index in [-0.39, 0.29) is 30.4 Å². The Morgan fingerprint density at radius 1 is 1.05 bits per heavy atom. The monoisotopic (exact) mass is 510 g/mol. The van der Waals surface area contributed by atoms with Crippen LogP contribution < -0.4 is 15.8 Å². The number of likely N-dealkylation sites (tertiary alicyclic amines) is 1. The zero-order valence-electron chi connectivity index (χ0n) is 21.8. The molecular weight excluding hydrogens is 476 g/mol. The minimum absolute atomic E-state index is 0.187. The number of hydrogen-bond donors (Lipinski definition) is 1. The fourth-order valence-corrected chi connectivity index (χ4v) is 5.23. The van der Waals surface area contributed by atoms with Gasteiger partial charge in [0.2, 0.25) is 5.91 Å². The zero-order chi connectivity index (χ0) is 26.5. The second-order valence-electron chi connectivity index (χ2n) is 11.1. The maximum absolute atomic E-state index is 13.2. The first-order valence-electron chi connectivity index (χ1n) is 12.8. The number of carbonyl (C=O) groups excluding carboxylic acids is 3. The van der Waals surface area contributed by atoms with Crippen LogP contribution in [0.25, 0.3) is 10.8 Å². The van der Waals surface area contributed by atoms with Crippen molar-refractivity contribution in [3.8, 4) is 0 Å². The second kappa shape index (κ2) is 9.44. The van der Waals surface area contributed by atoms with Crippen LogP contribution in [0.2, 0.25) is 0 Å². The number of rotatable bonds is 3. The lowest BCUT2D eigenvalue weighted by Gasteiger charge is -2.48. The smallest absolute Gasteiger partial charge is 0.410 e. The van der Waals surface area contributed by atoms with Crippen LogP contribution in [0.4, 0.5) is 10.5 Å². The highest BCUT2D eigenvalue weighted by Crippen LogP contribution is 2.26. The van der Waals surface area contributed by atoms with E-state index >= 15 is 0 Å². The standard InChI is InChI=1S/C26H34N6O5/c1-16-20-13-17(5-6-19(20)24(35)32(28-16)21-7-8-22(33)27-23(21)34)29-9-11-30(12-10-29)18-14-31(15-18)25(36)37-26(2,3)4/h5-6,13,18,21H,7-12,14-15H2,1-4H3,(H,27,33,34). The highest BCUT2D eigenvalue weighted by Gasteiger charge is 2.38. The van der Waals surface area contributed by atoms with E-state index in [2.05, 4.69) is 20.2 Å². The largest absolute Gasteiger partial charge is 0.444 e. The lowest BCUT2D eigenvalue weighted by Crippen LogP contribution is -2.64. The third-order valence-electron chi connectivity index (χ3n) is 7.30. The predicted octanol–water partition coefficient (Wildman–Crippen LogP) is 1.42. The number of nitrogens with zero attached hydrogens (tertiary/aromatic N) is 5. The van der Waals surface area contributed by atoms with E-state index < -0.39 is 17.6 Å². The lowest BCUT2D eigenvalue weighted by molar-refractivity contribution is -0.136. The number of piperazine rings is 1. The predicted molar refractivity (Wildman–Crippen MR) is 138 cm³/mol. The van der Waals surface area contributed by atoms with Gasteiger partial charge in [-0.15, -0.1) is 0 Å². The Hall–Kier alpha value is -3.47. The number of amides is 3. The van der Waals surface area contributed by atoms with Crippen molar-refractivity contribution in [2.75, 3.05) is 44.2 Å². The SMILES string of the molecule is Cc1nn(C2CCC(=O)NC2=O)c(=O)c2ccc(N3CCN(C4CN(C(=O)OC(C)(C)C)C4)CC3)cc12. The molecule has 0 radical (unpaired) electrons. The molecule has 0 spiro atoms. The molecule has 0 saturated carbocycles. The van der Waals surface area contributed by atoms with Crippen LogP contribution in [0.1, 0.15) is 45.3 Å². The Morgan fingerprint density at radius 2 is 1.76 bits per heavy atom. The molecule has 11 heteroatoms. The molecular formula is C26H34N6O5. The fourth-order valence-electron chi connectivity index (χ4n) is 5.23. The molecule has 11 nitrogen and oxygen atoms in total. The topological polar surface area (TPSA) is 117 Å². The number of nitrogens with one attached hydrogen (secondary N) is 1. The van der Waals surface area contributed by atoms with Gasteiger partial charge in [0.1, 0.15) is 11.6 Å². The number of aromatic nitrogens is 2. The number of hydrogen-bond acceptors (Lipinski definition) is 8. The van der Waals surface area contributed by atoms with Gasteiger partial charge in [-0.1, -0.05) is 0 Å². The van der Waals surface area contributed by atoms with Gasteiger partial charge in [-0.2, -0.15) is 5.10 Å². The maximum atomic E-state index is 13.2. The molecule has 2 aromatic rings. The van der Waals surface area contributed by atoms with Gasteiger partial charge in [-0.3, -0.25) is 24.6 Å². The molecule has 0 aliphatic carbocycles. The number of fused-ring (bicyclic) bond motifs is 1. The molecule has 3 amide bonds. The molecule has 1 aromatic carbocycles. The molecule has 1 aromatic heterocycles. The van der Waals surface area contributed by atoms with E-state index in [0.29, 0.717) is 30.2 Å². The first-order valence-corrected chi connectivity index (χ1v) is 12.8. The molecule has 5 rings (SSSR count). The Morgan fingerprint density at radius 3 is 2.41 bits per heavy atom. The van der Waals surface area contributed by atoms with Crippen LogP contribution in [-0.4, -0.2) is 88.4 Å². The summed E-state index contributed by atoms with van der Waals surface area (Å²) in [4.78, 5) is 55.7. The third kappa shape index (κ3) is 5.04. The Labute approximate surface area is 215 Å². The molecule has 3 aliphatic heterocycles. The fraction of sp³-hybridized carbons (Fsp3) is 0.577. The molecule has 3 saturated heterocycles. The van der Waals surface area contributed by atoms with Crippen LogP contribution in [0.5, 0.6) is 0 Å². The van der Waals surface area contributed by atoms with Crippen molar-refractivity contribution in [3.63, 3.8) is 0 Å². The summed E-state index contributed by atoms with van der Waals surface area (Å²) in [5, 5.41) is 8.02. The summed E-state index contributed by atoms with van der Waals surface area (Å²) in [5.41, 5.74) is 0.876. The van der Waals surface area contributed by atoms with Crippen molar-refractivity contribution >= 4 is 34.4 Å². The van der Waals surface area contributed by atoms with Crippen LogP contribution in [0.3, 0.4) is 0 Å². The summed E-state index contributed by atoms with van der Waals surface area (Å²) in [6.07, 6.45) is 0.201. The number of anilines is 1. The van der Waals surface area contributed by atoms with Crippen molar-refractivity contribution in [1.82, 2.24) is 24.9 Å². The number of imide groups is 1. The zero-order valence-corrected chi connectivity index (χ0v) is 21.8. The van der Waals surface area contributed by atoms with Crippen molar-refractivity contribution in [1.29, 1.82) is 0 Å². The molecule has 0 bridgehead atoms. The number of carbonyl (C=O) groups is 3. The van der Waals surface area contributed by atoms with E-state index in [4.69, 9.17) is 4.74 Å². The third-order valence-corrected chi connectivity index (χ3v) is 7.30. The van der Waals surface area contributed by atoms with Crippen molar-refractivity contribution < 1.29 is 19.1 Å². The van der Waals surface area contributed by atoms with E-state index in [1.54, 1.807) is 11.0 Å².